The van der Waals surface area contributed by atoms with E-state index in [9.17, 15) is 4.79 Å². The molecule has 3 aromatic rings. The first kappa shape index (κ1) is 17.1. The van der Waals surface area contributed by atoms with Crippen molar-refractivity contribution < 1.29 is 9.32 Å². The lowest BCUT2D eigenvalue weighted by Gasteiger charge is -2.26. The van der Waals surface area contributed by atoms with Crippen LogP contribution in [0.25, 0.3) is 10.2 Å². The Hall–Kier alpha value is -2.35. The van der Waals surface area contributed by atoms with Gasteiger partial charge in [0.2, 0.25) is 5.89 Å². The van der Waals surface area contributed by atoms with E-state index in [0.717, 1.165) is 53.0 Å². The van der Waals surface area contributed by atoms with E-state index >= 15 is 0 Å². The normalized spacial score (nSPS) is 16.3. The molecule has 0 atom stereocenters. The van der Waals surface area contributed by atoms with Gasteiger partial charge in [0.25, 0.3) is 5.91 Å². The van der Waals surface area contributed by atoms with Crippen molar-refractivity contribution in [3.8, 4) is 0 Å². The average Bonchev–Trinajstić information content (AvgIpc) is 3.27. The van der Waals surface area contributed by atoms with Crippen molar-refractivity contribution in [1.29, 1.82) is 0 Å². The Bertz CT molecular complexity index is 1000. The predicted molar refractivity (Wildman–Crippen MR) is 98.3 cm³/mol. The summed E-state index contributed by atoms with van der Waals surface area (Å²) >= 11 is 1.42. The van der Waals surface area contributed by atoms with Gasteiger partial charge in [0.05, 0.1) is 4.88 Å². The molecule has 1 fully saturated rings. The second kappa shape index (κ2) is 6.12. The SMILES string of the molecule is Cc1nc(C)c2c(C)c(C(=O)NC3(c4noc(C)n4)CCCC3)sc2n1. The molecule has 0 aromatic carbocycles. The Morgan fingerprint density at radius 2 is 1.85 bits per heavy atom. The number of carbonyl (C=O) groups is 1. The molecule has 0 radical (unpaired) electrons. The van der Waals surface area contributed by atoms with E-state index in [1.807, 2.05) is 20.8 Å². The molecule has 4 rings (SSSR count). The Labute approximate surface area is 155 Å². The molecule has 0 spiro atoms. The van der Waals surface area contributed by atoms with Crippen LogP contribution in [0.1, 0.15) is 64.2 Å². The first-order chi connectivity index (χ1) is 12.4. The van der Waals surface area contributed by atoms with Crippen LogP contribution in [-0.2, 0) is 5.54 Å². The highest BCUT2D eigenvalue weighted by atomic mass is 32.1. The van der Waals surface area contributed by atoms with Crippen LogP contribution in [0.4, 0.5) is 0 Å². The number of carbonyl (C=O) groups excluding carboxylic acids is 1. The Kier molecular flexibility index (Phi) is 4.02. The van der Waals surface area contributed by atoms with E-state index in [-0.39, 0.29) is 5.91 Å². The maximum Gasteiger partial charge on any atom is 0.262 e. The number of amides is 1. The summed E-state index contributed by atoms with van der Waals surface area (Å²) in [6.45, 7) is 7.55. The summed E-state index contributed by atoms with van der Waals surface area (Å²) in [6.07, 6.45) is 3.70. The molecule has 8 heteroatoms. The van der Waals surface area contributed by atoms with Crippen LogP contribution in [0.3, 0.4) is 0 Å². The fraction of sp³-hybridized carbons (Fsp3) is 0.500. The average molecular weight is 371 g/mol. The Morgan fingerprint density at radius 3 is 2.50 bits per heavy atom. The molecule has 0 unspecified atom stereocenters. The third-order valence-corrected chi connectivity index (χ3v) is 6.24. The quantitative estimate of drug-likeness (QED) is 0.757. The van der Waals surface area contributed by atoms with Crippen LogP contribution in [-0.4, -0.2) is 26.0 Å². The molecule has 7 nitrogen and oxygen atoms in total. The van der Waals surface area contributed by atoms with Crippen molar-refractivity contribution in [3.63, 3.8) is 0 Å². The zero-order valence-electron chi connectivity index (χ0n) is 15.3. The smallest absolute Gasteiger partial charge is 0.262 e. The van der Waals surface area contributed by atoms with Gasteiger partial charge in [-0.1, -0.05) is 18.0 Å². The fourth-order valence-electron chi connectivity index (χ4n) is 3.84. The summed E-state index contributed by atoms with van der Waals surface area (Å²) in [7, 11) is 0. The van der Waals surface area contributed by atoms with Crippen LogP contribution >= 0.6 is 11.3 Å². The monoisotopic (exact) mass is 371 g/mol. The van der Waals surface area contributed by atoms with Gasteiger partial charge in [-0.3, -0.25) is 4.79 Å². The number of aryl methyl sites for hydroxylation is 4. The van der Waals surface area contributed by atoms with E-state index in [1.54, 1.807) is 6.92 Å². The minimum absolute atomic E-state index is 0.105. The summed E-state index contributed by atoms with van der Waals surface area (Å²) in [5.41, 5.74) is 1.29. The van der Waals surface area contributed by atoms with Gasteiger partial charge in [-0.15, -0.1) is 11.3 Å². The number of nitrogens with one attached hydrogen (secondary N) is 1. The van der Waals surface area contributed by atoms with Crippen molar-refractivity contribution in [3.05, 3.63) is 33.7 Å². The molecule has 3 heterocycles. The van der Waals surface area contributed by atoms with E-state index < -0.39 is 5.54 Å². The van der Waals surface area contributed by atoms with Crippen LogP contribution < -0.4 is 5.32 Å². The molecular formula is C18H21N5O2S. The van der Waals surface area contributed by atoms with Gasteiger partial charge in [-0.05, 0) is 39.2 Å². The van der Waals surface area contributed by atoms with Gasteiger partial charge in [0.15, 0.2) is 5.82 Å². The van der Waals surface area contributed by atoms with Crippen LogP contribution in [0.15, 0.2) is 4.52 Å². The molecule has 1 aliphatic rings. The van der Waals surface area contributed by atoms with Gasteiger partial charge >= 0.3 is 0 Å². The van der Waals surface area contributed by atoms with Crippen molar-refractivity contribution >= 4 is 27.5 Å². The standard InChI is InChI=1S/C18H21N5O2S/c1-9-13-10(2)19-11(3)20-16(13)26-14(9)15(24)22-18(7-5-6-8-18)17-21-12(4)25-23-17/h5-8H2,1-4H3,(H,22,24). The van der Waals surface area contributed by atoms with Gasteiger partial charge in [-0.2, -0.15) is 4.98 Å². The molecule has 0 saturated heterocycles. The number of hydrogen-bond donors (Lipinski definition) is 1. The molecule has 26 heavy (non-hydrogen) atoms. The van der Waals surface area contributed by atoms with E-state index in [2.05, 4.69) is 25.4 Å². The zero-order chi connectivity index (χ0) is 18.5. The molecule has 3 aromatic heterocycles. The zero-order valence-corrected chi connectivity index (χ0v) is 16.2. The molecule has 1 aliphatic carbocycles. The number of aromatic nitrogens is 4. The van der Waals surface area contributed by atoms with Crippen LogP contribution in [0.2, 0.25) is 0 Å². The van der Waals surface area contributed by atoms with Gasteiger partial charge < -0.3 is 9.84 Å². The Balaban J connectivity index is 1.72. The molecule has 0 bridgehead atoms. The molecule has 1 N–H and O–H groups in total. The lowest BCUT2D eigenvalue weighted by Crippen LogP contribution is -2.44. The summed E-state index contributed by atoms with van der Waals surface area (Å²) in [5, 5.41) is 8.27. The molecule has 1 amide bonds. The number of rotatable bonds is 3. The Morgan fingerprint density at radius 1 is 1.12 bits per heavy atom. The van der Waals surface area contributed by atoms with Crippen LogP contribution in [0.5, 0.6) is 0 Å². The van der Waals surface area contributed by atoms with E-state index in [0.29, 0.717) is 16.6 Å². The maximum absolute atomic E-state index is 13.1. The third kappa shape index (κ3) is 2.68. The minimum Gasteiger partial charge on any atom is -0.340 e. The highest BCUT2D eigenvalue weighted by Gasteiger charge is 2.42. The van der Waals surface area contributed by atoms with Crippen molar-refractivity contribution in [1.82, 2.24) is 25.4 Å². The number of fused-ring (bicyclic) bond motifs is 1. The van der Waals surface area contributed by atoms with Crippen molar-refractivity contribution in [2.24, 2.45) is 0 Å². The van der Waals surface area contributed by atoms with Crippen LogP contribution in [0, 0.1) is 27.7 Å². The lowest BCUT2D eigenvalue weighted by molar-refractivity contribution is 0.0895. The number of nitrogens with zero attached hydrogens (tertiary/aromatic N) is 4. The van der Waals surface area contributed by atoms with E-state index in [1.165, 1.54) is 11.3 Å². The molecular weight excluding hydrogens is 350 g/mol. The van der Waals surface area contributed by atoms with Gasteiger partial charge in [0, 0.05) is 18.0 Å². The third-order valence-electron chi connectivity index (χ3n) is 5.05. The summed E-state index contributed by atoms with van der Waals surface area (Å²) < 4.78 is 5.16. The maximum atomic E-state index is 13.1. The predicted octanol–water partition coefficient (Wildman–Crippen LogP) is 3.51. The summed E-state index contributed by atoms with van der Waals surface area (Å²) in [6, 6.07) is 0. The molecule has 1 saturated carbocycles. The second-order valence-electron chi connectivity index (χ2n) is 6.97. The highest BCUT2D eigenvalue weighted by Crippen LogP contribution is 2.38. The first-order valence-corrected chi connectivity index (χ1v) is 9.59. The molecule has 0 aliphatic heterocycles. The summed E-state index contributed by atoms with van der Waals surface area (Å²) in [4.78, 5) is 28.0. The molecule has 136 valence electrons. The lowest BCUT2D eigenvalue weighted by atomic mass is 9.96. The number of thiophene rings is 1. The topological polar surface area (TPSA) is 93.8 Å². The fourth-order valence-corrected chi connectivity index (χ4v) is 5.01. The van der Waals surface area contributed by atoms with Gasteiger partial charge in [0.1, 0.15) is 16.2 Å². The second-order valence-corrected chi connectivity index (χ2v) is 7.97. The van der Waals surface area contributed by atoms with E-state index in [4.69, 9.17) is 4.52 Å². The van der Waals surface area contributed by atoms with Crippen molar-refractivity contribution in [2.75, 3.05) is 0 Å². The highest BCUT2D eigenvalue weighted by molar-refractivity contribution is 7.20. The largest absolute Gasteiger partial charge is 0.340 e. The minimum atomic E-state index is -0.548. The van der Waals surface area contributed by atoms with Gasteiger partial charge in [-0.25, -0.2) is 9.97 Å². The first-order valence-electron chi connectivity index (χ1n) is 8.77. The number of hydrogen-bond acceptors (Lipinski definition) is 7. The van der Waals surface area contributed by atoms with Crippen molar-refractivity contribution in [2.45, 2.75) is 58.9 Å². The summed E-state index contributed by atoms with van der Waals surface area (Å²) in [5.74, 6) is 1.70.